The summed E-state index contributed by atoms with van der Waals surface area (Å²) in [5.41, 5.74) is 6.05. The van der Waals surface area contributed by atoms with E-state index < -0.39 is 30.9 Å². The number of aliphatic hydroxyl groups is 2. The van der Waals surface area contributed by atoms with E-state index in [1.165, 1.54) is 0 Å². The maximum atomic E-state index is 11.0. The van der Waals surface area contributed by atoms with Gasteiger partial charge in [0.05, 0.1) is 18.1 Å². The van der Waals surface area contributed by atoms with Crippen molar-refractivity contribution >= 4 is 30.0 Å². The molecule has 25 heavy (non-hydrogen) atoms. The lowest BCUT2D eigenvalue weighted by Crippen LogP contribution is -2.45. The van der Waals surface area contributed by atoms with Crippen LogP contribution in [-0.4, -0.2) is 68.3 Å². The van der Waals surface area contributed by atoms with Gasteiger partial charge in [0.1, 0.15) is 17.2 Å². The number of ether oxygens (including phenoxy) is 1. The van der Waals surface area contributed by atoms with Gasteiger partial charge in [-0.1, -0.05) is 6.92 Å². The van der Waals surface area contributed by atoms with Gasteiger partial charge in [-0.3, -0.25) is 4.57 Å². The van der Waals surface area contributed by atoms with E-state index in [-0.39, 0.29) is 5.92 Å². The highest BCUT2D eigenvalue weighted by atomic mass is 31.2. The van der Waals surface area contributed by atoms with E-state index in [4.69, 9.17) is 10.5 Å². The standard InChI is InChI=1S/C17H27N4O3P/c1-10(8-25(3,4)5)13-14(22)17(2,23)16(24-13)21-9-20-12-11(18)6-7-19-15(12)21/h6-7,9-10,13-14,16,22-23H,3,8H2,1-2,4-5H3,(H2,18,19)/t10?,13-,14-,16-,17-/m1/s1. The fraction of sp³-hybridized carbons (Fsp3) is 0.588. The van der Waals surface area contributed by atoms with Crippen LogP contribution in [0.15, 0.2) is 18.6 Å². The molecule has 3 rings (SSSR count). The Balaban J connectivity index is 1.96. The topological polar surface area (TPSA) is 106 Å². The summed E-state index contributed by atoms with van der Waals surface area (Å²) in [6.07, 6.45) is 5.95. The van der Waals surface area contributed by atoms with Crippen LogP contribution in [-0.2, 0) is 4.74 Å². The Labute approximate surface area is 147 Å². The molecule has 7 nitrogen and oxygen atoms in total. The highest BCUT2D eigenvalue weighted by Crippen LogP contribution is 2.45. The first-order valence-electron chi connectivity index (χ1n) is 8.32. The largest absolute Gasteiger partial charge is 0.397 e. The van der Waals surface area contributed by atoms with E-state index in [2.05, 4.69) is 29.6 Å². The molecule has 3 heterocycles. The Hall–Kier alpha value is -1.40. The van der Waals surface area contributed by atoms with E-state index in [9.17, 15) is 10.2 Å². The van der Waals surface area contributed by atoms with Gasteiger partial charge in [0.2, 0.25) is 0 Å². The highest BCUT2D eigenvalue weighted by molar-refractivity contribution is 7.72. The van der Waals surface area contributed by atoms with Gasteiger partial charge in [-0.15, -0.1) is 13.2 Å². The number of aliphatic hydroxyl groups excluding tert-OH is 1. The first-order chi connectivity index (χ1) is 11.5. The number of nitrogens with zero attached hydrogens (tertiary/aromatic N) is 3. The molecule has 2 aromatic heterocycles. The van der Waals surface area contributed by atoms with Crippen molar-refractivity contribution in [2.24, 2.45) is 5.92 Å². The highest BCUT2D eigenvalue weighted by Gasteiger charge is 2.54. The van der Waals surface area contributed by atoms with Gasteiger partial charge in [-0.2, -0.15) is 0 Å². The molecule has 0 saturated carbocycles. The maximum Gasteiger partial charge on any atom is 0.168 e. The van der Waals surface area contributed by atoms with Crippen LogP contribution >= 0.6 is 6.89 Å². The molecule has 1 aliphatic heterocycles. The van der Waals surface area contributed by atoms with Crippen LogP contribution in [0.1, 0.15) is 20.1 Å². The van der Waals surface area contributed by atoms with Crippen molar-refractivity contribution in [3.05, 3.63) is 18.6 Å². The zero-order chi connectivity index (χ0) is 18.6. The van der Waals surface area contributed by atoms with E-state index in [1.807, 2.05) is 6.92 Å². The molecule has 0 bridgehead atoms. The summed E-state index contributed by atoms with van der Waals surface area (Å²) in [6.45, 7) is 6.62. The van der Waals surface area contributed by atoms with Gasteiger partial charge >= 0.3 is 0 Å². The number of hydrogen-bond acceptors (Lipinski definition) is 6. The summed E-state index contributed by atoms with van der Waals surface area (Å²) in [7, 11) is 0. The minimum atomic E-state index is -1.47. The zero-order valence-electron chi connectivity index (χ0n) is 15.1. The second kappa shape index (κ2) is 6.09. The van der Waals surface area contributed by atoms with Crippen molar-refractivity contribution in [1.82, 2.24) is 14.5 Å². The number of nitrogens with two attached hydrogens (primary N) is 1. The number of rotatable bonds is 4. The Morgan fingerprint density at radius 1 is 1.48 bits per heavy atom. The number of imidazole rings is 1. The van der Waals surface area contributed by atoms with Crippen molar-refractivity contribution in [3.63, 3.8) is 0 Å². The molecule has 8 heteroatoms. The molecular formula is C17H27N4O3P. The Morgan fingerprint density at radius 2 is 2.16 bits per heavy atom. The molecule has 0 amide bonds. The van der Waals surface area contributed by atoms with Gasteiger partial charge in [0.15, 0.2) is 11.9 Å². The molecule has 4 N–H and O–H groups in total. The van der Waals surface area contributed by atoms with Crippen molar-refractivity contribution in [1.29, 1.82) is 0 Å². The quantitative estimate of drug-likeness (QED) is 0.706. The van der Waals surface area contributed by atoms with Gasteiger partial charge in [-0.05, 0) is 38.4 Å². The lowest BCUT2D eigenvalue weighted by Gasteiger charge is -2.28. The molecule has 0 aromatic carbocycles. The van der Waals surface area contributed by atoms with Crippen LogP contribution in [0.2, 0.25) is 0 Å². The third kappa shape index (κ3) is 3.22. The summed E-state index contributed by atoms with van der Waals surface area (Å²) >= 11 is 0. The smallest absolute Gasteiger partial charge is 0.168 e. The van der Waals surface area contributed by atoms with Crippen LogP contribution < -0.4 is 5.73 Å². The molecule has 5 atom stereocenters. The predicted octanol–water partition coefficient (Wildman–Crippen LogP) is 1.37. The molecule has 0 radical (unpaired) electrons. The van der Waals surface area contributed by atoms with E-state index in [0.717, 1.165) is 6.16 Å². The normalized spacial score (nSPS) is 31.5. The molecule has 0 aliphatic carbocycles. The van der Waals surface area contributed by atoms with Crippen LogP contribution in [0.5, 0.6) is 0 Å². The van der Waals surface area contributed by atoms with Gasteiger partial charge in [-0.25, -0.2) is 9.97 Å². The monoisotopic (exact) mass is 366 g/mol. The average Bonchev–Trinajstić information content (AvgIpc) is 2.99. The van der Waals surface area contributed by atoms with E-state index in [0.29, 0.717) is 16.9 Å². The molecular weight excluding hydrogens is 339 g/mol. The third-order valence-electron chi connectivity index (χ3n) is 4.78. The van der Waals surface area contributed by atoms with E-state index in [1.54, 1.807) is 30.1 Å². The van der Waals surface area contributed by atoms with Gasteiger partial charge < -0.3 is 20.7 Å². The first kappa shape index (κ1) is 18.4. The fourth-order valence-electron chi connectivity index (χ4n) is 3.64. The predicted molar refractivity (Wildman–Crippen MR) is 102 cm³/mol. The number of aromatic nitrogens is 3. The Bertz CT molecular complexity index is 828. The number of nitrogen functional groups attached to an aromatic ring is 1. The second-order valence-corrected chi connectivity index (χ2v) is 12.2. The third-order valence-corrected chi connectivity index (χ3v) is 6.35. The SMILES string of the molecule is C=P(C)(C)CC(C)[C@H]1O[C@@H](n2cnc3c(N)ccnc32)[C@](C)(O)[C@@H]1O. The van der Waals surface area contributed by atoms with Crippen molar-refractivity contribution in [2.75, 3.05) is 25.2 Å². The minimum absolute atomic E-state index is 0.0696. The van der Waals surface area contributed by atoms with Crippen LogP contribution in [0.25, 0.3) is 11.2 Å². The number of anilines is 1. The molecule has 1 fully saturated rings. The van der Waals surface area contributed by atoms with Crippen molar-refractivity contribution in [2.45, 2.75) is 37.9 Å². The summed E-state index contributed by atoms with van der Waals surface area (Å²) in [5, 5.41) is 21.7. The van der Waals surface area contributed by atoms with Crippen LogP contribution in [0, 0.1) is 5.92 Å². The molecule has 138 valence electrons. The fourth-order valence-corrected chi connectivity index (χ4v) is 5.41. The number of fused-ring (bicyclic) bond motifs is 1. The molecule has 1 aliphatic rings. The molecule has 0 spiro atoms. The lowest BCUT2D eigenvalue weighted by atomic mass is 9.91. The molecule has 1 unspecified atom stereocenters. The van der Waals surface area contributed by atoms with Crippen molar-refractivity contribution < 1.29 is 14.9 Å². The van der Waals surface area contributed by atoms with Crippen molar-refractivity contribution in [3.8, 4) is 0 Å². The van der Waals surface area contributed by atoms with Gasteiger partial charge in [0, 0.05) is 6.20 Å². The Kier molecular flexibility index (Phi) is 4.48. The van der Waals surface area contributed by atoms with Crippen LogP contribution in [0.3, 0.4) is 0 Å². The first-order valence-corrected chi connectivity index (χ1v) is 11.4. The minimum Gasteiger partial charge on any atom is -0.397 e. The molecule has 1 saturated heterocycles. The second-order valence-electron chi connectivity index (χ2n) is 7.94. The number of hydrogen-bond donors (Lipinski definition) is 3. The maximum absolute atomic E-state index is 11.0. The Morgan fingerprint density at radius 3 is 2.80 bits per heavy atom. The summed E-state index contributed by atoms with van der Waals surface area (Å²) in [4.78, 5) is 8.59. The van der Waals surface area contributed by atoms with E-state index >= 15 is 0 Å². The molecule has 2 aromatic rings. The summed E-state index contributed by atoms with van der Waals surface area (Å²) in [5.74, 6) is 0.0696. The van der Waals surface area contributed by atoms with Gasteiger partial charge in [0.25, 0.3) is 0 Å². The zero-order valence-corrected chi connectivity index (χ0v) is 16.0. The number of pyridine rings is 1. The average molecular weight is 366 g/mol. The summed E-state index contributed by atoms with van der Waals surface area (Å²) < 4.78 is 7.77. The summed E-state index contributed by atoms with van der Waals surface area (Å²) in [6, 6.07) is 1.67. The van der Waals surface area contributed by atoms with Crippen LogP contribution in [0.4, 0.5) is 5.69 Å². The lowest BCUT2D eigenvalue weighted by molar-refractivity contribution is -0.0950.